The predicted molar refractivity (Wildman–Crippen MR) is 94.7 cm³/mol. The second kappa shape index (κ2) is 8.96. The average Bonchev–Trinajstić information content (AvgIpc) is 2.62. The number of rotatable bonds is 9. The lowest BCUT2D eigenvalue weighted by atomic mass is 10.1. The number of carbonyl (C=O) groups excluding carboxylic acids is 1. The quantitative estimate of drug-likeness (QED) is 0.478. The first-order valence-electron chi connectivity index (χ1n) is 8.28. The van der Waals surface area contributed by atoms with Crippen LogP contribution in [0.4, 0.5) is 0 Å². The van der Waals surface area contributed by atoms with Crippen LogP contribution in [0.5, 0.6) is 23.0 Å². The number of aryl methyl sites for hydroxylation is 1. The summed E-state index contributed by atoms with van der Waals surface area (Å²) in [5.74, 6) is 2.22. The number of hydrogen-bond acceptors (Lipinski definition) is 4. The van der Waals surface area contributed by atoms with E-state index in [0.29, 0.717) is 35.2 Å². The van der Waals surface area contributed by atoms with Crippen molar-refractivity contribution < 1.29 is 19.0 Å². The molecule has 24 heavy (non-hydrogen) atoms. The molecule has 4 nitrogen and oxygen atoms in total. The Morgan fingerprint density at radius 2 is 1.88 bits per heavy atom. The highest BCUT2D eigenvalue weighted by Crippen LogP contribution is 2.41. The van der Waals surface area contributed by atoms with Crippen LogP contribution in [0.25, 0.3) is 0 Å². The Bertz CT molecular complexity index is 679. The standard InChI is InChI=1S/C20H24O4/c1-4-6-10-23-20-18(22-3)12-16(14-21)13-19(20)24-17-9-7-8-15(5-2)11-17/h7-9,11-14H,4-6,10H2,1-3H3. The first kappa shape index (κ1) is 17.9. The normalized spacial score (nSPS) is 10.3. The Balaban J connectivity index is 2.38. The fourth-order valence-corrected chi connectivity index (χ4v) is 2.31. The van der Waals surface area contributed by atoms with Gasteiger partial charge >= 0.3 is 0 Å². The van der Waals surface area contributed by atoms with E-state index in [2.05, 4.69) is 13.8 Å². The van der Waals surface area contributed by atoms with Crippen LogP contribution in [-0.2, 0) is 6.42 Å². The summed E-state index contributed by atoms with van der Waals surface area (Å²) in [6, 6.07) is 11.2. The van der Waals surface area contributed by atoms with Crippen LogP contribution in [0.1, 0.15) is 42.6 Å². The van der Waals surface area contributed by atoms with E-state index >= 15 is 0 Å². The first-order chi connectivity index (χ1) is 11.7. The summed E-state index contributed by atoms with van der Waals surface area (Å²) in [6.45, 7) is 4.76. The average molecular weight is 328 g/mol. The molecule has 0 aliphatic carbocycles. The van der Waals surface area contributed by atoms with E-state index in [1.54, 1.807) is 19.2 Å². The van der Waals surface area contributed by atoms with Gasteiger partial charge in [0, 0.05) is 5.56 Å². The highest BCUT2D eigenvalue weighted by Gasteiger charge is 2.16. The third-order valence-electron chi connectivity index (χ3n) is 3.68. The number of unbranched alkanes of at least 4 members (excludes halogenated alkanes) is 1. The van der Waals surface area contributed by atoms with Gasteiger partial charge in [0.1, 0.15) is 12.0 Å². The number of benzene rings is 2. The smallest absolute Gasteiger partial charge is 0.204 e. The second-order valence-corrected chi connectivity index (χ2v) is 5.47. The van der Waals surface area contributed by atoms with Crippen molar-refractivity contribution in [1.82, 2.24) is 0 Å². The van der Waals surface area contributed by atoms with Crippen molar-refractivity contribution in [2.45, 2.75) is 33.1 Å². The fraction of sp³-hybridized carbons (Fsp3) is 0.350. The molecular formula is C20H24O4. The molecule has 0 radical (unpaired) electrons. The molecule has 2 aromatic rings. The lowest BCUT2D eigenvalue weighted by Crippen LogP contribution is -2.02. The van der Waals surface area contributed by atoms with Crippen molar-refractivity contribution >= 4 is 6.29 Å². The molecule has 4 heteroatoms. The summed E-state index contributed by atoms with van der Waals surface area (Å²) in [7, 11) is 1.55. The van der Waals surface area contributed by atoms with E-state index in [-0.39, 0.29) is 0 Å². The maximum atomic E-state index is 11.2. The predicted octanol–water partition coefficient (Wildman–Crippen LogP) is 5.04. The number of ether oxygens (including phenoxy) is 3. The zero-order valence-corrected chi connectivity index (χ0v) is 14.5. The highest BCUT2D eigenvalue weighted by atomic mass is 16.5. The van der Waals surface area contributed by atoms with E-state index in [1.165, 1.54) is 5.56 Å². The summed E-state index contributed by atoms with van der Waals surface area (Å²) in [4.78, 5) is 11.2. The van der Waals surface area contributed by atoms with Crippen LogP contribution in [0.3, 0.4) is 0 Å². The third kappa shape index (κ3) is 4.51. The fourth-order valence-electron chi connectivity index (χ4n) is 2.31. The van der Waals surface area contributed by atoms with Crippen LogP contribution >= 0.6 is 0 Å². The molecule has 0 spiro atoms. The van der Waals surface area contributed by atoms with Crippen LogP contribution < -0.4 is 14.2 Å². The molecule has 0 atom stereocenters. The lowest BCUT2D eigenvalue weighted by Gasteiger charge is -2.16. The first-order valence-corrected chi connectivity index (χ1v) is 8.28. The summed E-state index contributed by atoms with van der Waals surface area (Å²) in [6.07, 6.45) is 3.66. The van der Waals surface area contributed by atoms with Gasteiger partial charge in [-0.25, -0.2) is 0 Å². The van der Waals surface area contributed by atoms with Gasteiger partial charge in [-0.15, -0.1) is 0 Å². The molecule has 0 aliphatic heterocycles. The zero-order valence-electron chi connectivity index (χ0n) is 14.5. The second-order valence-electron chi connectivity index (χ2n) is 5.47. The third-order valence-corrected chi connectivity index (χ3v) is 3.68. The lowest BCUT2D eigenvalue weighted by molar-refractivity contribution is 0.112. The maximum Gasteiger partial charge on any atom is 0.204 e. The monoisotopic (exact) mass is 328 g/mol. The van der Waals surface area contributed by atoms with Crippen LogP contribution in [0.2, 0.25) is 0 Å². The van der Waals surface area contributed by atoms with Gasteiger partial charge < -0.3 is 14.2 Å². The largest absolute Gasteiger partial charge is 0.493 e. The summed E-state index contributed by atoms with van der Waals surface area (Å²) in [5, 5.41) is 0. The van der Waals surface area contributed by atoms with Gasteiger partial charge in [0.2, 0.25) is 5.75 Å². The minimum absolute atomic E-state index is 0.483. The molecule has 0 aliphatic rings. The number of hydrogen-bond donors (Lipinski definition) is 0. The van der Waals surface area contributed by atoms with Gasteiger partial charge in [0.15, 0.2) is 11.5 Å². The molecule has 0 amide bonds. The van der Waals surface area contributed by atoms with Crippen LogP contribution in [-0.4, -0.2) is 20.0 Å². The van der Waals surface area contributed by atoms with Crippen molar-refractivity contribution in [3.63, 3.8) is 0 Å². The van der Waals surface area contributed by atoms with Gasteiger partial charge in [-0.3, -0.25) is 4.79 Å². The molecule has 2 rings (SSSR count). The topological polar surface area (TPSA) is 44.8 Å². The molecule has 0 heterocycles. The number of aldehydes is 1. The zero-order chi connectivity index (χ0) is 17.4. The Hall–Kier alpha value is -2.49. The molecule has 2 aromatic carbocycles. The van der Waals surface area contributed by atoms with E-state index in [0.717, 1.165) is 25.5 Å². The van der Waals surface area contributed by atoms with Gasteiger partial charge in [-0.2, -0.15) is 0 Å². The Morgan fingerprint density at radius 1 is 1.08 bits per heavy atom. The van der Waals surface area contributed by atoms with E-state index in [9.17, 15) is 4.79 Å². The molecule has 0 N–H and O–H groups in total. The van der Waals surface area contributed by atoms with Crippen LogP contribution in [0, 0.1) is 0 Å². The van der Waals surface area contributed by atoms with Gasteiger partial charge in [-0.05, 0) is 42.7 Å². The van der Waals surface area contributed by atoms with Crippen molar-refractivity contribution in [3.8, 4) is 23.0 Å². The van der Waals surface area contributed by atoms with Crippen molar-refractivity contribution in [1.29, 1.82) is 0 Å². The summed E-state index contributed by atoms with van der Waals surface area (Å²) < 4.78 is 17.2. The maximum absolute atomic E-state index is 11.2. The number of carbonyl (C=O) groups is 1. The SMILES string of the molecule is CCCCOc1c(OC)cc(C=O)cc1Oc1cccc(CC)c1. The molecule has 0 saturated carbocycles. The minimum Gasteiger partial charge on any atom is -0.493 e. The van der Waals surface area contributed by atoms with Crippen molar-refractivity contribution in [2.24, 2.45) is 0 Å². The molecule has 0 saturated heterocycles. The molecule has 0 aromatic heterocycles. The van der Waals surface area contributed by atoms with E-state index in [4.69, 9.17) is 14.2 Å². The van der Waals surface area contributed by atoms with Gasteiger partial charge in [0.25, 0.3) is 0 Å². The Labute approximate surface area is 143 Å². The van der Waals surface area contributed by atoms with Crippen molar-refractivity contribution in [3.05, 3.63) is 47.5 Å². The molecule has 128 valence electrons. The van der Waals surface area contributed by atoms with Gasteiger partial charge in [-0.1, -0.05) is 32.4 Å². The van der Waals surface area contributed by atoms with E-state index < -0.39 is 0 Å². The Morgan fingerprint density at radius 3 is 2.54 bits per heavy atom. The molecule has 0 fully saturated rings. The summed E-state index contributed by atoms with van der Waals surface area (Å²) in [5.41, 5.74) is 1.66. The number of methoxy groups -OCH3 is 1. The minimum atomic E-state index is 0.483. The highest BCUT2D eigenvalue weighted by molar-refractivity contribution is 5.78. The molecular weight excluding hydrogens is 304 g/mol. The van der Waals surface area contributed by atoms with Gasteiger partial charge in [0.05, 0.1) is 13.7 Å². The van der Waals surface area contributed by atoms with Crippen molar-refractivity contribution in [2.75, 3.05) is 13.7 Å². The van der Waals surface area contributed by atoms with Crippen LogP contribution in [0.15, 0.2) is 36.4 Å². The molecule has 0 bridgehead atoms. The Kier molecular flexibility index (Phi) is 6.67. The molecule has 0 unspecified atom stereocenters. The summed E-state index contributed by atoms with van der Waals surface area (Å²) >= 11 is 0. The van der Waals surface area contributed by atoms with E-state index in [1.807, 2.05) is 24.3 Å².